The predicted molar refractivity (Wildman–Crippen MR) is 128 cm³/mol. The van der Waals surface area contributed by atoms with Gasteiger partial charge in [0.05, 0.1) is 21.5 Å². The number of nitrogens with zero attached hydrogens (tertiary/aromatic N) is 1. The molecule has 3 aromatic carbocycles. The number of carbonyl (C=O) groups is 4. The lowest BCUT2D eigenvalue weighted by Crippen LogP contribution is -2.25. The third-order valence-electron chi connectivity index (χ3n) is 5.24. The largest absolute Gasteiger partial charge is 0.452 e. The summed E-state index contributed by atoms with van der Waals surface area (Å²) in [6.45, 7) is -0.550. The number of amides is 1. The number of esters is 1. The lowest BCUT2D eigenvalue weighted by Gasteiger charge is -2.20. The maximum atomic E-state index is 13.0. The van der Waals surface area contributed by atoms with Crippen LogP contribution in [-0.4, -0.2) is 35.0 Å². The van der Waals surface area contributed by atoms with E-state index in [1.165, 1.54) is 29.6 Å². The van der Waals surface area contributed by atoms with Crippen molar-refractivity contribution < 1.29 is 23.9 Å². The molecule has 0 saturated carbocycles. The zero-order valence-electron chi connectivity index (χ0n) is 17.6. The van der Waals surface area contributed by atoms with Crippen LogP contribution in [0.25, 0.3) is 16.3 Å². The summed E-state index contributed by atoms with van der Waals surface area (Å²) in [5.41, 5.74) is 1.99. The minimum absolute atomic E-state index is 0.126. The molecule has 7 nitrogen and oxygen atoms in total. The Morgan fingerprint density at radius 3 is 2.38 bits per heavy atom. The molecular formula is C26H16N2O5S. The summed E-state index contributed by atoms with van der Waals surface area (Å²) in [5.74, 6) is -1.97. The van der Waals surface area contributed by atoms with E-state index in [9.17, 15) is 19.2 Å². The first kappa shape index (κ1) is 21.4. The summed E-state index contributed by atoms with van der Waals surface area (Å²) in [6, 6.07) is 18.8. The molecule has 0 unspecified atom stereocenters. The number of thiazole rings is 1. The fraction of sp³-hybridized carbons (Fsp3) is 0.0385. The number of hydrogen-bond donors (Lipinski definition) is 1. The Labute approximate surface area is 197 Å². The minimum Gasteiger partial charge on any atom is -0.452 e. The van der Waals surface area contributed by atoms with Crippen molar-refractivity contribution in [2.45, 2.75) is 0 Å². The highest BCUT2D eigenvalue weighted by Crippen LogP contribution is 2.31. The first-order chi connectivity index (χ1) is 16.5. The highest BCUT2D eigenvalue weighted by atomic mass is 32.1. The quantitative estimate of drug-likeness (QED) is 0.305. The lowest BCUT2D eigenvalue weighted by molar-refractivity contribution is -0.142. The van der Waals surface area contributed by atoms with Crippen molar-refractivity contribution in [2.24, 2.45) is 0 Å². The molecule has 1 aliphatic rings. The monoisotopic (exact) mass is 468 g/mol. The SMILES string of the molecule is O=C(COC(=O)/C=C/c1nc2ccccc2s1)Nc1cccc2c1C(=O)c1ccccc1C2=O. The molecule has 34 heavy (non-hydrogen) atoms. The highest BCUT2D eigenvalue weighted by molar-refractivity contribution is 7.19. The molecule has 1 aliphatic carbocycles. The number of ether oxygens (including phenoxy) is 1. The summed E-state index contributed by atoms with van der Waals surface area (Å²) in [6.07, 6.45) is 2.73. The molecule has 1 aromatic heterocycles. The summed E-state index contributed by atoms with van der Waals surface area (Å²) < 4.78 is 6.00. The van der Waals surface area contributed by atoms with E-state index in [2.05, 4.69) is 10.3 Å². The van der Waals surface area contributed by atoms with Crippen LogP contribution in [0.2, 0.25) is 0 Å². The molecular weight excluding hydrogens is 452 g/mol. The van der Waals surface area contributed by atoms with Gasteiger partial charge in [-0.2, -0.15) is 0 Å². The van der Waals surface area contributed by atoms with E-state index in [0.717, 1.165) is 10.2 Å². The Kier molecular flexibility index (Phi) is 5.57. The average Bonchev–Trinajstić information content (AvgIpc) is 3.28. The van der Waals surface area contributed by atoms with Crippen molar-refractivity contribution in [1.29, 1.82) is 0 Å². The van der Waals surface area contributed by atoms with Crippen LogP contribution in [0, 0.1) is 0 Å². The number of ketones is 2. The number of nitrogens with one attached hydrogen (secondary N) is 1. The zero-order valence-corrected chi connectivity index (χ0v) is 18.4. The van der Waals surface area contributed by atoms with Gasteiger partial charge in [0, 0.05) is 22.8 Å². The topological polar surface area (TPSA) is 102 Å². The maximum Gasteiger partial charge on any atom is 0.331 e. The van der Waals surface area contributed by atoms with Gasteiger partial charge in [0.1, 0.15) is 5.01 Å². The van der Waals surface area contributed by atoms with E-state index in [4.69, 9.17) is 4.74 Å². The molecule has 0 fully saturated rings. The number of rotatable bonds is 5. The molecule has 0 saturated heterocycles. The van der Waals surface area contributed by atoms with Gasteiger partial charge in [-0.25, -0.2) is 9.78 Å². The average molecular weight is 468 g/mol. The fourth-order valence-electron chi connectivity index (χ4n) is 3.72. The Hall–Kier alpha value is -4.43. The van der Waals surface area contributed by atoms with Gasteiger partial charge in [-0.3, -0.25) is 14.4 Å². The molecule has 1 heterocycles. The Balaban J connectivity index is 1.25. The van der Waals surface area contributed by atoms with Crippen LogP contribution in [0.4, 0.5) is 5.69 Å². The molecule has 166 valence electrons. The number of benzene rings is 3. The first-order valence-electron chi connectivity index (χ1n) is 10.3. The Bertz CT molecular complexity index is 1490. The van der Waals surface area contributed by atoms with Crippen LogP contribution in [0.1, 0.15) is 36.9 Å². The summed E-state index contributed by atoms with van der Waals surface area (Å²) >= 11 is 1.43. The number of aromatic nitrogens is 1. The molecule has 1 amide bonds. The Morgan fingerprint density at radius 2 is 1.59 bits per heavy atom. The molecule has 0 radical (unpaired) electrons. The number of hydrogen-bond acceptors (Lipinski definition) is 7. The summed E-state index contributed by atoms with van der Waals surface area (Å²) in [5, 5.41) is 3.22. The predicted octanol–water partition coefficient (Wildman–Crippen LogP) is 4.27. The maximum absolute atomic E-state index is 13.0. The van der Waals surface area contributed by atoms with Crippen molar-refractivity contribution >= 4 is 56.8 Å². The molecule has 0 spiro atoms. The highest BCUT2D eigenvalue weighted by Gasteiger charge is 2.31. The van der Waals surface area contributed by atoms with Crippen molar-refractivity contribution in [3.05, 3.63) is 100 Å². The van der Waals surface area contributed by atoms with Crippen LogP contribution in [0.3, 0.4) is 0 Å². The van der Waals surface area contributed by atoms with E-state index in [1.807, 2.05) is 24.3 Å². The van der Waals surface area contributed by atoms with Gasteiger partial charge in [0.15, 0.2) is 18.2 Å². The van der Waals surface area contributed by atoms with Crippen molar-refractivity contribution in [3.8, 4) is 0 Å². The van der Waals surface area contributed by atoms with Crippen molar-refractivity contribution in [3.63, 3.8) is 0 Å². The van der Waals surface area contributed by atoms with Crippen LogP contribution in [-0.2, 0) is 14.3 Å². The van der Waals surface area contributed by atoms with Crippen LogP contribution in [0.5, 0.6) is 0 Å². The van der Waals surface area contributed by atoms with Crippen molar-refractivity contribution in [1.82, 2.24) is 4.98 Å². The standard InChI is InChI=1S/C26H16N2O5S/c29-21(14-33-23(30)13-12-22-28-18-9-3-4-11-20(18)34-22)27-19-10-5-8-17-24(19)26(32)16-7-2-1-6-15(16)25(17)31/h1-13H,14H2,(H,27,29)/b13-12+. The van der Waals surface area contributed by atoms with E-state index in [0.29, 0.717) is 10.6 Å². The minimum atomic E-state index is -0.704. The third-order valence-corrected chi connectivity index (χ3v) is 6.25. The molecule has 1 N–H and O–H groups in total. The molecule has 4 aromatic rings. The second-order valence-corrected chi connectivity index (χ2v) is 8.50. The van der Waals surface area contributed by atoms with Gasteiger partial charge in [0.2, 0.25) is 0 Å². The van der Waals surface area contributed by atoms with E-state index in [-0.39, 0.29) is 33.9 Å². The van der Waals surface area contributed by atoms with Gasteiger partial charge in [-0.15, -0.1) is 11.3 Å². The van der Waals surface area contributed by atoms with E-state index in [1.54, 1.807) is 36.4 Å². The third kappa shape index (κ3) is 4.02. The molecule has 8 heteroatoms. The molecule has 5 rings (SSSR count). The normalized spacial score (nSPS) is 12.5. The molecule has 0 bridgehead atoms. The lowest BCUT2D eigenvalue weighted by atomic mass is 9.83. The Morgan fingerprint density at radius 1 is 0.882 bits per heavy atom. The fourth-order valence-corrected chi connectivity index (χ4v) is 4.59. The zero-order chi connectivity index (χ0) is 23.7. The molecule has 0 aliphatic heterocycles. The summed E-state index contributed by atoms with van der Waals surface area (Å²) in [4.78, 5) is 54.7. The number of anilines is 1. The number of fused-ring (bicyclic) bond motifs is 3. The van der Waals surface area contributed by atoms with Crippen molar-refractivity contribution in [2.75, 3.05) is 11.9 Å². The number of para-hydroxylation sites is 1. The second-order valence-electron chi connectivity index (χ2n) is 7.44. The van der Waals surface area contributed by atoms with Gasteiger partial charge < -0.3 is 10.1 Å². The van der Waals surface area contributed by atoms with E-state index < -0.39 is 18.5 Å². The second kappa shape index (κ2) is 8.84. The molecule has 0 atom stereocenters. The van der Waals surface area contributed by atoms with Gasteiger partial charge in [-0.1, -0.05) is 48.5 Å². The van der Waals surface area contributed by atoms with E-state index >= 15 is 0 Å². The summed E-state index contributed by atoms with van der Waals surface area (Å²) in [7, 11) is 0. The van der Waals surface area contributed by atoms with Crippen LogP contribution in [0.15, 0.2) is 72.8 Å². The number of carbonyl (C=O) groups excluding carboxylic acids is 4. The van der Waals surface area contributed by atoms with Crippen LogP contribution < -0.4 is 5.32 Å². The van der Waals surface area contributed by atoms with Gasteiger partial charge in [0.25, 0.3) is 5.91 Å². The van der Waals surface area contributed by atoms with Crippen LogP contribution >= 0.6 is 11.3 Å². The first-order valence-corrected chi connectivity index (χ1v) is 11.1. The smallest absolute Gasteiger partial charge is 0.331 e. The van der Waals surface area contributed by atoms with Gasteiger partial charge >= 0.3 is 5.97 Å². The van der Waals surface area contributed by atoms with Gasteiger partial charge in [-0.05, 0) is 24.3 Å².